The minimum atomic E-state index is -3.28. The van der Waals surface area contributed by atoms with Gasteiger partial charge in [0.2, 0.25) is 5.95 Å². The van der Waals surface area contributed by atoms with Crippen LogP contribution in [-0.4, -0.2) is 25.1 Å². The van der Waals surface area contributed by atoms with Crippen molar-refractivity contribution in [2.24, 2.45) is 0 Å². The smallest absolute Gasteiger partial charge is 0.274 e. The van der Waals surface area contributed by atoms with Gasteiger partial charge < -0.3 is 5.32 Å². The van der Waals surface area contributed by atoms with Crippen LogP contribution in [0.3, 0.4) is 0 Å². The first-order valence-electron chi connectivity index (χ1n) is 6.19. The van der Waals surface area contributed by atoms with Crippen molar-refractivity contribution >= 4 is 21.4 Å². The number of anilines is 1. The normalized spacial score (nSPS) is 11.1. The van der Waals surface area contributed by atoms with E-state index in [1.807, 2.05) is 0 Å². The summed E-state index contributed by atoms with van der Waals surface area (Å²) < 4.78 is 36.2. The molecule has 0 saturated carbocycles. The molecule has 21 heavy (non-hydrogen) atoms. The molecule has 0 atom stereocenters. The number of hydrogen-bond donors (Lipinski definition) is 1. The van der Waals surface area contributed by atoms with Gasteiger partial charge in [0.1, 0.15) is 5.69 Å². The summed E-state index contributed by atoms with van der Waals surface area (Å²) in [7, 11) is -3.28. The zero-order valence-electron chi connectivity index (χ0n) is 11.2. The lowest BCUT2D eigenvalue weighted by molar-refractivity contribution is 0.102. The van der Waals surface area contributed by atoms with Gasteiger partial charge >= 0.3 is 0 Å². The second-order valence-corrected chi connectivity index (χ2v) is 6.51. The average molecular weight is 308 g/mol. The van der Waals surface area contributed by atoms with Gasteiger partial charge in [0.15, 0.2) is 9.84 Å². The van der Waals surface area contributed by atoms with Crippen LogP contribution in [0.1, 0.15) is 17.4 Å². The van der Waals surface area contributed by atoms with Crippen LogP contribution in [0.4, 0.5) is 10.1 Å². The van der Waals surface area contributed by atoms with Crippen LogP contribution >= 0.6 is 0 Å². The molecule has 0 radical (unpaired) electrons. The predicted octanol–water partition coefficient (Wildman–Crippen LogP) is 2.27. The number of hydrogen-bond acceptors (Lipinski definition) is 4. The van der Waals surface area contributed by atoms with Gasteiger partial charge in [0.25, 0.3) is 5.91 Å². The standard InChI is InChI=1S/C14H13FN2O3S/c1-2-21(19,20)11-8-6-10(7-9-11)16-14(18)12-4-3-5-13(15)17-12/h3-9H,2H2,1H3,(H,16,18). The lowest BCUT2D eigenvalue weighted by atomic mass is 10.3. The van der Waals surface area contributed by atoms with Crippen LogP contribution in [0, 0.1) is 5.95 Å². The largest absolute Gasteiger partial charge is 0.321 e. The maximum Gasteiger partial charge on any atom is 0.274 e. The van der Waals surface area contributed by atoms with E-state index in [9.17, 15) is 17.6 Å². The third kappa shape index (κ3) is 3.63. The second kappa shape index (κ2) is 6.01. The number of nitrogens with one attached hydrogen (secondary N) is 1. The molecule has 0 saturated heterocycles. The highest BCUT2D eigenvalue weighted by molar-refractivity contribution is 7.91. The van der Waals surface area contributed by atoms with E-state index in [1.165, 1.54) is 36.4 Å². The molecule has 0 aliphatic rings. The molecular weight excluding hydrogens is 295 g/mol. The highest BCUT2D eigenvalue weighted by atomic mass is 32.2. The van der Waals surface area contributed by atoms with E-state index in [0.717, 1.165) is 6.07 Å². The molecule has 2 aromatic rings. The van der Waals surface area contributed by atoms with Gasteiger partial charge in [-0.05, 0) is 36.4 Å². The lowest BCUT2D eigenvalue weighted by Gasteiger charge is -2.06. The Labute approximate surface area is 121 Å². The Bertz CT molecular complexity index is 758. The molecule has 0 fully saturated rings. The van der Waals surface area contributed by atoms with Crippen molar-refractivity contribution in [3.05, 3.63) is 54.1 Å². The highest BCUT2D eigenvalue weighted by Gasteiger charge is 2.12. The molecule has 0 spiro atoms. The Morgan fingerprint density at radius 3 is 2.43 bits per heavy atom. The van der Waals surface area contributed by atoms with E-state index in [2.05, 4.69) is 10.3 Å². The number of nitrogens with zero attached hydrogens (tertiary/aromatic N) is 1. The van der Waals surface area contributed by atoms with E-state index < -0.39 is 21.7 Å². The Morgan fingerprint density at radius 1 is 1.19 bits per heavy atom. The van der Waals surface area contributed by atoms with E-state index in [-0.39, 0.29) is 16.3 Å². The fourth-order valence-electron chi connectivity index (χ4n) is 1.64. The van der Waals surface area contributed by atoms with Crippen LogP contribution < -0.4 is 5.32 Å². The zero-order chi connectivity index (χ0) is 15.5. The van der Waals surface area contributed by atoms with Gasteiger partial charge in [0, 0.05) is 5.69 Å². The Kier molecular flexibility index (Phi) is 4.32. The van der Waals surface area contributed by atoms with Crippen LogP contribution in [0.5, 0.6) is 0 Å². The summed E-state index contributed by atoms with van der Waals surface area (Å²) in [6, 6.07) is 9.67. The average Bonchev–Trinajstić information content (AvgIpc) is 2.48. The van der Waals surface area contributed by atoms with Crippen molar-refractivity contribution in [2.45, 2.75) is 11.8 Å². The van der Waals surface area contributed by atoms with Crippen molar-refractivity contribution in [1.29, 1.82) is 0 Å². The third-order valence-corrected chi connectivity index (χ3v) is 4.55. The van der Waals surface area contributed by atoms with E-state index >= 15 is 0 Å². The molecule has 0 aliphatic carbocycles. The number of sulfone groups is 1. The van der Waals surface area contributed by atoms with Gasteiger partial charge in [-0.25, -0.2) is 13.4 Å². The van der Waals surface area contributed by atoms with Gasteiger partial charge in [0.05, 0.1) is 10.6 Å². The number of amides is 1. The molecule has 1 N–H and O–H groups in total. The first-order valence-corrected chi connectivity index (χ1v) is 7.84. The van der Waals surface area contributed by atoms with Crippen LogP contribution in [0.2, 0.25) is 0 Å². The molecule has 5 nitrogen and oxygen atoms in total. The van der Waals surface area contributed by atoms with Gasteiger partial charge in [-0.2, -0.15) is 4.39 Å². The van der Waals surface area contributed by atoms with Crippen molar-refractivity contribution in [2.75, 3.05) is 11.1 Å². The molecule has 0 aliphatic heterocycles. The molecule has 1 aromatic carbocycles. The fourth-order valence-corrected chi connectivity index (χ4v) is 2.53. The molecule has 1 aromatic heterocycles. The fraction of sp³-hybridized carbons (Fsp3) is 0.143. The lowest BCUT2D eigenvalue weighted by Crippen LogP contribution is -2.14. The van der Waals surface area contributed by atoms with Crippen LogP contribution in [0.15, 0.2) is 47.4 Å². The minimum absolute atomic E-state index is 0.00587. The summed E-state index contributed by atoms with van der Waals surface area (Å²) in [4.78, 5) is 15.5. The van der Waals surface area contributed by atoms with Crippen molar-refractivity contribution in [3.8, 4) is 0 Å². The second-order valence-electron chi connectivity index (χ2n) is 4.23. The highest BCUT2D eigenvalue weighted by Crippen LogP contribution is 2.16. The first-order chi connectivity index (χ1) is 9.92. The summed E-state index contributed by atoms with van der Waals surface area (Å²) in [5.41, 5.74) is 0.348. The molecule has 1 heterocycles. The number of halogens is 1. The summed E-state index contributed by atoms with van der Waals surface area (Å²) in [6.07, 6.45) is 0. The first kappa shape index (κ1) is 15.1. The molecular formula is C14H13FN2O3S. The third-order valence-electron chi connectivity index (χ3n) is 2.80. The topological polar surface area (TPSA) is 76.1 Å². The number of pyridine rings is 1. The Hall–Kier alpha value is -2.28. The molecule has 0 unspecified atom stereocenters. The summed E-state index contributed by atoms with van der Waals surface area (Å²) in [5, 5.41) is 2.52. The number of carbonyl (C=O) groups excluding carboxylic acids is 1. The number of carbonyl (C=O) groups is 1. The number of aromatic nitrogens is 1. The van der Waals surface area contributed by atoms with E-state index in [4.69, 9.17) is 0 Å². The SMILES string of the molecule is CCS(=O)(=O)c1ccc(NC(=O)c2cccc(F)n2)cc1. The summed E-state index contributed by atoms with van der Waals surface area (Å²) in [5.74, 6) is -1.31. The van der Waals surface area contributed by atoms with Crippen molar-refractivity contribution < 1.29 is 17.6 Å². The van der Waals surface area contributed by atoms with Crippen LogP contribution in [0.25, 0.3) is 0 Å². The molecule has 1 amide bonds. The Balaban J connectivity index is 2.16. The van der Waals surface area contributed by atoms with Gasteiger partial charge in [-0.1, -0.05) is 13.0 Å². The zero-order valence-corrected chi connectivity index (χ0v) is 12.0. The number of rotatable bonds is 4. The quantitative estimate of drug-likeness (QED) is 0.879. The van der Waals surface area contributed by atoms with E-state index in [0.29, 0.717) is 5.69 Å². The van der Waals surface area contributed by atoms with E-state index in [1.54, 1.807) is 6.92 Å². The summed E-state index contributed by atoms with van der Waals surface area (Å²) >= 11 is 0. The maximum absolute atomic E-state index is 12.9. The molecule has 110 valence electrons. The molecule has 0 bridgehead atoms. The van der Waals surface area contributed by atoms with Gasteiger partial charge in [-0.3, -0.25) is 4.79 Å². The molecule has 7 heteroatoms. The predicted molar refractivity (Wildman–Crippen MR) is 76.3 cm³/mol. The number of benzene rings is 1. The Morgan fingerprint density at radius 2 is 1.86 bits per heavy atom. The summed E-state index contributed by atoms with van der Waals surface area (Å²) in [6.45, 7) is 1.56. The minimum Gasteiger partial charge on any atom is -0.321 e. The monoisotopic (exact) mass is 308 g/mol. The maximum atomic E-state index is 12.9. The van der Waals surface area contributed by atoms with Crippen molar-refractivity contribution in [1.82, 2.24) is 4.98 Å². The van der Waals surface area contributed by atoms with Crippen molar-refractivity contribution in [3.63, 3.8) is 0 Å². The molecule has 2 rings (SSSR count). The van der Waals surface area contributed by atoms with Gasteiger partial charge in [-0.15, -0.1) is 0 Å². The van der Waals surface area contributed by atoms with Crippen LogP contribution in [-0.2, 0) is 9.84 Å².